The number of likely N-dealkylation sites (tertiary alicyclic amines) is 1. The second kappa shape index (κ2) is 12.5. The molecule has 0 saturated carbocycles. The number of hydrogen-bond acceptors (Lipinski definition) is 5. The third-order valence-corrected chi connectivity index (χ3v) is 6.24. The normalized spacial score (nSPS) is 14.0. The van der Waals surface area contributed by atoms with E-state index in [1.165, 1.54) is 18.2 Å². The topological polar surface area (TPSA) is 65.1 Å². The van der Waals surface area contributed by atoms with Crippen LogP contribution in [0.5, 0.6) is 11.5 Å². The molecule has 3 aromatic carbocycles. The molecule has 0 aromatic heterocycles. The molecule has 0 bridgehead atoms. The van der Waals surface area contributed by atoms with Gasteiger partial charge in [0.2, 0.25) is 0 Å². The number of carbonyl (C=O) groups is 2. The molecule has 1 saturated heterocycles. The van der Waals surface area contributed by atoms with Crippen LogP contribution >= 0.6 is 0 Å². The van der Waals surface area contributed by atoms with Crippen LogP contribution in [0.1, 0.15) is 39.9 Å². The van der Waals surface area contributed by atoms with E-state index in [-0.39, 0.29) is 12.7 Å². The highest BCUT2D eigenvalue weighted by molar-refractivity contribution is 5.89. The zero-order valence-electron chi connectivity index (χ0n) is 21.2. The van der Waals surface area contributed by atoms with Crippen LogP contribution in [0.25, 0.3) is 0 Å². The molecule has 0 spiro atoms. The number of halogens is 3. The van der Waals surface area contributed by atoms with Crippen LogP contribution in [-0.4, -0.2) is 42.8 Å². The summed E-state index contributed by atoms with van der Waals surface area (Å²) in [4.78, 5) is 26.1. The average molecular weight is 540 g/mol. The number of esters is 1. The first-order valence-corrected chi connectivity index (χ1v) is 12.5. The van der Waals surface area contributed by atoms with Crippen molar-refractivity contribution >= 4 is 12.1 Å². The van der Waals surface area contributed by atoms with Crippen molar-refractivity contribution < 1.29 is 37.0 Å². The lowest BCUT2D eigenvalue weighted by Gasteiger charge is -2.31. The maximum absolute atomic E-state index is 12.7. The fraction of sp³-hybridized carbons (Fsp3) is 0.267. The van der Waals surface area contributed by atoms with Crippen LogP contribution in [0, 0.1) is 0 Å². The number of ether oxygens (including phenoxy) is 3. The van der Waals surface area contributed by atoms with Gasteiger partial charge in [0.1, 0.15) is 24.2 Å². The summed E-state index contributed by atoms with van der Waals surface area (Å²) in [6.45, 7) is 4.61. The minimum Gasteiger partial charge on any atom is -0.490 e. The first-order valence-electron chi connectivity index (χ1n) is 12.5. The summed E-state index contributed by atoms with van der Waals surface area (Å²) in [5.41, 5.74) is 1.38. The highest BCUT2D eigenvalue weighted by atomic mass is 19.4. The maximum atomic E-state index is 12.7. The van der Waals surface area contributed by atoms with Gasteiger partial charge in [-0.05, 0) is 66.1 Å². The van der Waals surface area contributed by atoms with Crippen molar-refractivity contribution in [3.63, 3.8) is 0 Å². The molecule has 9 heteroatoms. The van der Waals surface area contributed by atoms with Gasteiger partial charge in [-0.15, -0.1) is 0 Å². The molecule has 39 heavy (non-hydrogen) atoms. The van der Waals surface area contributed by atoms with Gasteiger partial charge in [-0.1, -0.05) is 36.9 Å². The van der Waals surface area contributed by atoms with Crippen LogP contribution in [0.2, 0.25) is 0 Å². The lowest BCUT2D eigenvalue weighted by molar-refractivity contribution is -0.137. The summed E-state index contributed by atoms with van der Waals surface area (Å²) in [5, 5.41) is 0. The van der Waals surface area contributed by atoms with E-state index in [0.717, 1.165) is 23.3 Å². The predicted molar refractivity (Wildman–Crippen MR) is 139 cm³/mol. The number of amides is 1. The van der Waals surface area contributed by atoms with E-state index < -0.39 is 23.8 Å². The summed E-state index contributed by atoms with van der Waals surface area (Å²) in [6, 6.07) is 18.7. The van der Waals surface area contributed by atoms with Crippen LogP contribution in [-0.2, 0) is 17.3 Å². The minimum atomic E-state index is -4.36. The zero-order chi connectivity index (χ0) is 27.8. The third kappa shape index (κ3) is 7.86. The molecule has 4 rings (SSSR count). The molecular formula is C30H28F3NO5. The van der Waals surface area contributed by atoms with Gasteiger partial charge in [-0.3, -0.25) is 0 Å². The molecular weight excluding hydrogens is 511 g/mol. The molecule has 0 unspecified atom stereocenters. The van der Waals surface area contributed by atoms with Crippen molar-refractivity contribution in [2.45, 2.75) is 31.5 Å². The summed E-state index contributed by atoms with van der Waals surface area (Å²) >= 11 is 0. The standard InChI is InChI=1S/C30H28F3NO5/c1-2-19-37-28(35)23-7-13-25(14-8-23)38-27-15-17-34(18-16-27)29(36)39-26-11-5-22(6-12-26)20-21-3-9-24(10-4-21)30(31,32)33/h2-14,27H,1,15-20H2. The quantitative estimate of drug-likeness (QED) is 0.236. The van der Waals surface area contributed by atoms with Gasteiger partial charge >= 0.3 is 18.2 Å². The number of nitrogens with zero attached hydrogens (tertiary/aromatic N) is 1. The van der Waals surface area contributed by atoms with E-state index in [4.69, 9.17) is 14.2 Å². The van der Waals surface area contributed by atoms with Gasteiger partial charge in [0.05, 0.1) is 11.1 Å². The minimum absolute atomic E-state index is 0.0721. The van der Waals surface area contributed by atoms with Crippen molar-refractivity contribution in [1.82, 2.24) is 4.90 Å². The van der Waals surface area contributed by atoms with Crippen LogP contribution in [0.4, 0.5) is 18.0 Å². The Morgan fingerprint density at radius 2 is 1.44 bits per heavy atom. The zero-order valence-corrected chi connectivity index (χ0v) is 21.2. The lowest BCUT2D eigenvalue weighted by Crippen LogP contribution is -2.43. The highest BCUT2D eigenvalue weighted by Gasteiger charge is 2.30. The number of piperidine rings is 1. The molecule has 1 aliphatic rings. The molecule has 0 atom stereocenters. The smallest absolute Gasteiger partial charge is 0.416 e. The van der Waals surface area contributed by atoms with Crippen molar-refractivity contribution in [2.24, 2.45) is 0 Å². The number of carbonyl (C=O) groups excluding carboxylic acids is 2. The van der Waals surface area contributed by atoms with E-state index in [1.54, 1.807) is 53.4 Å². The maximum Gasteiger partial charge on any atom is 0.416 e. The Morgan fingerprint density at radius 1 is 0.872 bits per heavy atom. The van der Waals surface area contributed by atoms with E-state index >= 15 is 0 Å². The Labute approximate surface area is 224 Å². The Morgan fingerprint density at radius 3 is 2.00 bits per heavy atom. The molecule has 0 aliphatic carbocycles. The van der Waals surface area contributed by atoms with Crippen molar-refractivity contribution in [3.05, 3.63) is 108 Å². The molecule has 3 aromatic rings. The SMILES string of the molecule is C=CCOC(=O)c1ccc(OC2CCN(C(=O)Oc3ccc(Cc4ccc(C(F)(F)F)cc4)cc3)CC2)cc1. The van der Waals surface area contributed by atoms with Crippen molar-refractivity contribution in [1.29, 1.82) is 0 Å². The summed E-state index contributed by atoms with van der Waals surface area (Å²) in [6.07, 6.45) is -1.66. The third-order valence-electron chi connectivity index (χ3n) is 6.24. The Bertz CT molecular complexity index is 1260. The molecule has 204 valence electrons. The molecule has 1 aliphatic heterocycles. The fourth-order valence-corrected chi connectivity index (χ4v) is 4.12. The predicted octanol–water partition coefficient (Wildman–Crippen LogP) is 6.68. The average Bonchev–Trinajstić information content (AvgIpc) is 2.93. The Balaban J connectivity index is 1.22. The molecule has 1 fully saturated rings. The second-order valence-electron chi connectivity index (χ2n) is 9.10. The monoisotopic (exact) mass is 539 g/mol. The van der Waals surface area contributed by atoms with E-state index in [0.29, 0.717) is 49.4 Å². The first kappa shape index (κ1) is 27.8. The van der Waals surface area contributed by atoms with E-state index in [1.807, 2.05) is 0 Å². The van der Waals surface area contributed by atoms with Gasteiger partial charge in [0.25, 0.3) is 0 Å². The van der Waals surface area contributed by atoms with Gasteiger partial charge in [-0.25, -0.2) is 9.59 Å². The lowest BCUT2D eigenvalue weighted by atomic mass is 10.0. The fourth-order valence-electron chi connectivity index (χ4n) is 4.12. The van der Waals surface area contributed by atoms with Gasteiger partial charge in [-0.2, -0.15) is 13.2 Å². The van der Waals surface area contributed by atoms with E-state index in [9.17, 15) is 22.8 Å². The Kier molecular flexibility index (Phi) is 8.91. The summed E-state index contributed by atoms with van der Waals surface area (Å²) in [7, 11) is 0. The Hall–Kier alpha value is -4.27. The van der Waals surface area contributed by atoms with Crippen molar-refractivity contribution in [2.75, 3.05) is 19.7 Å². The van der Waals surface area contributed by atoms with Gasteiger partial charge in [0, 0.05) is 25.9 Å². The second-order valence-corrected chi connectivity index (χ2v) is 9.10. The molecule has 0 N–H and O–H groups in total. The highest BCUT2D eigenvalue weighted by Crippen LogP contribution is 2.29. The largest absolute Gasteiger partial charge is 0.490 e. The van der Waals surface area contributed by atoms with Gasteiger partial charge in [0.15, 0.2) is 0 Å². The van der Waals surface area contributed by atoms with Crippen molar-refractivity contribution in [3.8, 4) is 11.5 Å². The van der Waals surface area contributed by atoms with Gasteiger partial charge < -0.3 is 19.1 Å². The number of rotatable bonds is 8. The van der Waals surface area contributed by atoms with Crippen LogP contribution < -0.4 is 9.47 Å². The van der Waals surface area contributed by atoms with E-state index in [2.05, 4.69) is 6.58 Å². The van der Waals surface area contributed by atoms with Crippen LogP contribution in [0.3, 0.4) is 0 Å². The van der Waals surface area contributed by atoms with Crippen LogP contribution in [0.15, 0.2) is 85.5 Å². The number of benzene rings is 3. The molecule has 6 nitrogen and oxygen atoms in total. The first-order chi connectivity index (χ1) is 18.7. The molecule has 0 radical (unpaired) electrons. The summed E-state index contributed by atoms with van der Waals surface area (Å²) < 4.78 is 54.7. The summed E-state index contributed by atoms with van der Waals surface area (Å²) in [5.74, 6) is 0.594. The molecule has 1 heterocycles. The number of alkyl halides is 3. The molecule has 1 amide bonds. The number of hydrogen-bond donors (Lipinski definition) is 0.